The van der Waals surface area contributed by atoms with Crippen molar-refractivity contribution in [1.29, 1.82) is 0 Å². The third kappa shape index (κ3) is 2.39. The molecule has 1 atom stereocenters. The number of rotatable bonds is 4. The Labute approximate surface area is 112 Å². The molecule has 1 aromatic heterocycles. The van der Waals surface area contributed by atoms with Crippen molar-refractivity contribution in [2.24, 2.45) is 5.41 Å². The zero-order chi connectivity index (χ0) is 13.3. The van der Waals surface area contributed by atoms with Crippen LogP contribution in [0.5, 0.6) is 0 Å². The molecule has 1 N–H and O–H groups in total. The van der Waals surface area contributed by atoms with Crippen LogP contribution in [0, 0.1) is 5.41 Å². The molecule has 5 nitrogen and oxygen atoms in total. The van der Waals surface area contributed by atoms with Gasteiger partial charge >= 0.3 is 5.97 Å². The Balaban J connectivity index is 1.73. The van der Waals surface area contributed by atoms with Gasteiger partial charge in [-0.2, -0.15) is 5.10 Å². The molecule has 1 aliphatic heterocycles. The first kappa shape index (κ1) is 12.7. The second-order valence-electron chi connectivity index (χ2n) is 5.79. The number of carboxylic acids is 1. The summed E-state index contributed by atoms with van der Waals surface area (Å²) in [6.07, 6.45) is 7.97. The fourth-order valence-corrected chi connectivity index (χ4v) is 3.18. The third-order valence-corrected chi connectivity index (χ3v) is 4.44. The van der Waals surface area contributed by atoms with Crippen LogP contribution in [0.3, 0.4) is 0 Å². The van der Waals surface area contributed by atoms with E-state index in [1.165, 1.54) is 25.7 Å². The average molecular weight is 264 g/mol. The maximum Gasteiger partial charge on any atom is 0.312 e. The first-order valence-electron chi connectivity index (χ1n) is 7.05. The molecular weight excluding hydrogens is 244 g/mol. The number of ether oxygens (including phenoxy) is 1. The van der Waals surface area contributed by atoms with Gasteiger partial charge in [0.1, 0.15) is 0 Å². The van der Waals surface area contributed by atoms with Crippen molar-refractivity contribution in [2.75, 3.05) is 13.2 Å². The summed E-state index contributed by atoms with van der Waals surface area (Å²) in [5.41, 5.74) is 0.106. The highest BCUT2D eigenvalue weighted by Gasteiger charge is 2.43. The predicted molar refractivity (Wildman–Crippen MR) is 68.9 cm³/mol. The summed E-state index contributed by atoms with van der Waals surface area (Å²) >= 11 is 0. The van der Waals surface area contributed by atoms with Crippen LogP contribution in [-0.2, 0) is 16.0 Å². The lowest BCUT2D eigenvalue weighted by molar-refractivity contribution is -0.148. The van der Waals surface area contributed by atoms with Crippen molar-refractivity contribution in [2.45, 2.75) is 44.6 Å². The molecule has 2 fully saturated rings. The van der Waals surface area contributed by atoms with Crippen molar-refractivity contribution < 1.29 is 14.6 Å². The minimum Gasteiger partial charge on any atom is -0.481 e. The summed E-state index contributed by atoms with van der Waals surface area (Å²) < 4.78 is 7.31. The Bertz CT molecular complexity index is 457. The quantitative estimate of drug-likeness (QED) is 0.903. The van der Waals surface area contributed by atoms with Crippen molar-refractivity contribution >= 4 is 5.97 Å². The van der Waals surface area contributed by atoms with Gasteiger partial charge in [-0.15, -0.1) is 0 Å². The Morgan fingerprint density at radius 2 is 2.32 bits per heavy atom. The zero-order valence-electron chi connectivity index (χ0n) is 11.0. The van der Waals surface area contributed by atoms with Crippen LogP contribution in [-0.4, -0.2) is 34.1 Å². The largest absolute Gasteiger partial charge is 0.481 e. The summed E-state index contributed by atoms with van der Waals surface area (Å²) in [6.45, 7) is 0.842. The van der Waals surface area contributed by atoms with E-state index in [1.807, 2.05) is 16.9 Å². The van der Waals surface area contributed by atoms with E-state index in [0.29, 0.717) is 32.1 Å². The Morgan fingerprint density at radius 1 is 1.53 bits per heavy atom. The number of hydrogen-bond donors (Lipinski definition) is 1. The summed E-state index contributed by atoms with van der Waals surface area (Å²) in [7, 11) is 0. The highest BCUT2D eigenvalue weighted by molar-refractivity contribution is 5.75. The van der Waals surface area contributed by atoms with Crippen LogP contribution in [0.4, 0.5) is 0 Å². The topological polar surface area (TPSA) is 64.3 Å². The molecule has 2 heterocycles. The second kappa shape index (κ2) is 4.96. The van der Waals surface area contributed by atoms with Gasteiger partial charge in [-0.3, -0.25) is 9.48 Å². The molecule has 19 heavy (non-hydrogen) atoms. The SMILES string of the molecule is O=C(O)C1(Cc2ccn(C3CCCC3)n2)CCOC1. The Morgan fingerprint density at radius 3 is 2.95 bits per heavy atom. The summed E-state index contributed by atoms with van der Waals surface area (Å²) in [6, 6.07) is 2.47. The minimum atomic E-state index is -0.769. The van der Waals surface area contributed by atoms with E-state index in [4.69, 9.17) is 4.74 Å². The summed E-state index contributed by atoms with van der Waals surface area (Å²) in [5.74, 6) is -0.764. The Kier molecular flexibility index (Phi) is 3.31. The van der Waals surface area contributed by atoms with Gasteiger partial charge in [0.05, 0.1) is 23.8 Å². The number of aromatic nitrogens is 2. The van der Waals surface area contributed by atoms with Crippen molar-refractivity contribution in [3.63, 3.8) is 0 Å². The molecule has 104 valence electrons. The maximum absolute atomic E-state index is 11.5. The standard InChI is InChI=1S/C14H20N2O3/c17-13(18)14(6-8-19-10-14)9-11-5-7-16(15-11)12-3-1-2-4-12/h5,7,12H,1-4,6,8-10H2,(H,17,18). The number of carboxylic acid groups (broad SMARTS) is 1. The van der Waals surface area contributed by atoms with E-state index < -0.39 is 11.4 Å². The fourth-order valence-electron chi connectivity index (χ4n) is 3.18. The second-order valence-corrected chi connectivity index (χ2v) is 5.79. The lowest BCUT2D eigenvalue weighted by atomic mass is 9.83. The van der Waals surface area contributed by atoms with E-state index in [2.05, 4.69) is 5.10 Å². The van der Waals surface area contributed by atoms with Gasteiger partial charge in [0.15, 0.2) is 0 Å². The number of aliphatic carboxylic acids is 1. The fraction of sp³-hybridized carbons (Fsp3) is 0.714. The maximum atomic E-state index is 11.5. The van der Waals surface area contributed by atoms with Crippen molar-refractivity contribution in [3.8, 4) is 0 Å². The highest BCUT2D eigenvalue weighted by atomic mass is 16.5. The molecule has 0 radical (unpaired) electrons. The van der Waals surface area contributed by atoms with E-state index in [0.717, 1.165) is 5.69 Å². The molecular formula is C14H20N2O3. The molecule has 1 saturated carbocycles. The molecule has 2 aliphatic rings. The average Bonchev–Trinajstić information content (AvgIpc) is 3.10. The lowest BCUT2D eigenvalue weighted by Crippen LogP contribution is -2.34. The molecule has 0 aromatic carbocycles. The molecule has 0 spiro atoms. The molecule has 1 unspecified atom stereocenters. The highest BCUT2D eigenvalue weighted by Crippen LogP contribution is 2.33. The van der Waals surface area contributed by atoms with Gasteiger partial charge in [0, 0.05) is 19.2 Å². The van der Waals surface area contributed by atoms with Gasteiger partial charge in [-0.1, -0.05) is 12.8 Å². The summed E-state index contributed by atoms with van der Waals surface area (Å²) in [4.78, 5) is 11.5. The molecule has 1 aromatic rings. The van der Waals surface area contributed by atoms with Crippen LogP contribution < -0.4 is 0 Å². The zero-order valence-corrected chi connectivity index (χ0v) is 11.0. The van der Waals surface area contributed by atoms with E-state index >= 15 is 0 Å². The van der Waals surface area contributed by atoms with Gasteiger partial charge in [-0.05, 0) is 25.3 Å². The van der Waals surface area contributed by atoms with Gasteiger partial charge < -0.3 is 9.84 Å². The van der Waals surface area contributed by atoms with E-state index in [9.17, 15) is 9.90 Å². The number of carbonyl (C=O) groups is 1. The van der Waals surface area contributed by atoms with Crippen LogP contribution in [0.15, 0.2) is 12.3 Å². The molecule has 5 heteroatoms. The number of hydrogen-bond acceptors (Lipinski definition) is 3. The van der Waals surface area contributed by atoms with Crippen LogP contribution >= 0.6 is 0 Å². The molecule has 0 bridgehead atoms. The van der Waals surface area contributed by atoms with Crippen LogP contribution in [0.2, 0.25) is 0 Å². The van der Waals surface area contributed by atoms with E-state index in [-0.39, 0.29) is 0 Å². The molecule has 0 amide bonds. The van der Waals surface area contributed by atoms with Crippen LogP contribution in [0.1, 0.15) is 43.8 Å². The first-order valence-corrected chi connectivity index (χ1v) is 7.05. The van der Waals surface area contributed by atoms with Crippen molar-refractivity contribution in [1.82, 2.24) is 9.78 Å². The first-order chi connectivity index (χ1) is 9.20. The van der Waals surface area contributed by atoms with Gasteiger partial charge in [-0.25, -0.2) is 0 Å². The normalized spacial score (nSPS) is 28.0. The molecule has 1 saturated heterocycles. The monoisotopic (exact) mass is 264 g/mol. The predicted octanol–water partition coefficient (Wildman–Crippen LogP) is 2.03. The Hall–Kier alpha value is -1.36. The van der Waals surface area contributed by atoms with Crippen molar-refractivity contribution in [3.05, 3.63) is 18.0 Å². The summed E-state index contributed by atoms with van der Waals surface area (Å²) in [5, 5.41) is 14.0. The molecule has 3 rings (SSSR count). The van der Waals surface area contributed by atoms with Gasteiger partial charge in [0.25, 0.3) is 0 Å². The smallest absolute Gasteiger partial charge is 0.312 e. The van der Waals surface area contributed by atoms with Crippen LogP contribution in [0.25, 0.3) is 0 Å². The third-order valence-electron chi connectivity index (χ3n) is 4.44. The molecule has 1 aliphatic carbocycles. The van der Waals surface area contributed by atoms with Gasteiger partial charge in [0.2, 0.25) is 0 Å². The van der Waals surface area contributed by atoms with E-state index in [1.54, 1.807) is 0 Å². The number of nitrogens with zero attached hydrogens (tertiary/aromatic N) is 2. The lowest BCUT2D eigenvalue weighted by Gasteiger charge is -2.20. The minimum absolute atomic E-state index is 0.304.